The number of nitrogens with zero attached hydrogens (tertiary/aromatic N) is 6. The summed E-state index contributed by atoms with van der Waals surface area (Å²) in [5.41, 5.74) is 0.844. The number of carbonyl (C=O) groups is 1. The molecule has 1 aliphatic heterocycles. The van der Waals surface area contributed by atoms with E-state index >= 15 is 0 Å². The highest BCUT2D eigenvalue weighted by Crippen LogP contribution is 2.18. The van der Waals surface area contributed by atoms with Crippen molar-refractivity contribution in [3.8, 4) is 5.82 Å². The number of rotatable bonds is 5. The van der Waals surface area contributed by atoms with Crippen LogP contribution in [0.1, 0.15) is 21.8 Å². The van der Waals surface area contributed by atoms with E-state index in [0.717, 1.165) is 26.2 Å². The topological polar surface area (TPSA) is 92.3 Å². The van der Waals surface area contributed by atoms with E-state index in [-0.39, 0.29) is 11.5 Å². The Kier molecular flexibility index (Phi) is 5.36. The van der Waals surface area contributed by atoms with Crippen LogP contribution in [-0.4, -0.2) is 68.9 Å². The zero-order chi connectivity index (χ0) is 20.4. The SMILES string of the molecule is Cc1cn(-c2ncccc2F)nc1NC(=O)c1cc(CN2CCN(C)CC2)on1. The summed E-state index contributed by atoms with van der Waals surface area (Å²) in [7, 11) is 2.10. The Morgan fingerprint density at radius 2 is 2.10 bits per heavy atom. The van der Waals surface area contributed by atoms with Crippen molar-refractivity contribution in [2.24, 2.45) is 0 Å². The zero-order valence-electron chi connectivity index (χ0n) is 16.3. The second-order valence-electron chi connectivity index (χ2n) is 7.13. The molecule has 0 atom stereocenters. The van der Waals surface area contributed by atoms with Gasteiger partial charge in [-0.1, -0.05) is 5.16 Å². The van der Waals surface area contributed by atoms with Crippen LogP contribution in [0.2, 0.25) is 0 Å². The molecule has 3 aromatic rings. The molecule has 9 nitrogen and oxygen atoms in total. The van der Waals surface area contributed by atoms with Gasteiger partial charge in [0.2, 0.25) is 0 Å². The Morgan fingerprint density at radius 3 is 2.86 bits per heavy atom. The monoisotopic (exact) mass is 399 g/mol. The molecule has 1 N–H and O–H groups in total. The number of hydrogen-bond acceptors (Lipinski definition) is 7. The van der Waals surface area contributed by atoms with Gasteiger partial charge in [0.15, 0.2) is 28.9 Å². The maximum absolute atomic E-state index is 13.9. The zero-order valence-corrected chi connectivity index (χ0v) is 16.3. The van der Waals surface area contributed by atoms with E-state index in [0.29, 0.717) is 23.7 Å². The number of anilines is 1. The number of pyridine rings is 1. The first kappa shape index (κ1) is 19.2. The average molecular weight is 399 g/mol. The van der Waals surface area contributed by atoms with Crippen LogP contribution in [0.3, 0.4) is 0 Å². The molecule has 0 saturated carbocycles. The quantitative estimate of drug-likeness (QED) is 0.698. The summed E-state index contributed by atoms with van der Waals surface area (Å²) in [6, 6.07) is 4.44. The molecule has 4 heterocycles. The number of carbonyl (C=O) groups excluding carboxylic acids is 1. The number of hydrogen-bond donors (Lipinski definition) is 1. The second kappa shape index (κ2) is 8.10. The molecule has 0 spiro atoms. The Hall–Kier alpha value is -3.11. The number of amides is 1. The van der Waals surface area contributed by atoms with Gasteiger partial charge in [0.25, 0.3) is 5.91 Å². The third-order valence-corrected chi connectivity index (χ3v) is 4.85. The van der Waals surface area contributed by atoms with Crippen molar-refractivity contribution in [2.75, 3.05) is 38.5 Å². The number of nitrogens with one attached hydrogen (secondary N) is 1. The van der Waals surface area contributed by atoms with Gasteiger partial charge in [-0.15, -0.1) is 5.10 Å². The van der Waals surface area contributed by atoms with Crippen molar-refractivity contribution in [3.05, 3.63) is 53.4 Å². The number of likely N-dealkylation sites (N-methyl/N-ethyl adjacent to an activating group) is 1. The molecule has 1 amide bonds. The maximum Gasteiger partial charge on any atom is 0.279 e. The first-order valence-electron chi connectivity index (χ1n) is 9.34. The smallest absolute Gasteiger partial charge is 0.279 e. The first-order valence-corrected chi connectivity index (χ1v) is 9.34. The molecule has 0 unspecified atom stereocenters. The minimum Gasteiger partial charge on any atom is -0.359 e. The van der Waals surface area contributed by atoms with Crippen molar-refractivity contribution >= 4 is 11.7 Å². The highest BCUT2D eigenvalue weighted by molar-refractivity contribution is 6.02. The summed E-state index contributed by atoms with van der Waals surface area (Å²) in [5.74, 6) is 0.0688. The van der Waals surface area contributed by atoms with E-state index in [4.69, 9.17) is 4.52 Å². The van der Waals surface area contributed by atoms with Crippen molar-refractivity contribution in [3.63, 3.8) is 0 Å². The molecular weight excluding hydrogens is 377 g/mol. The lowest BCUT2D eigenvalue weighted by Gasteiger charge is -2.31. The van der Waals surface area contributed by atoms with Gasteiger partial charge < -0.3 is 14.7 Å². The lowest BCUT2D eigenvalue weighted by Crippen LogP contribution is -2.43. The normalized spacial score (nSPS) is 15.6. The van der Waals surface area contributed by atoms with Gasteiger partial charge >= 0.3 is 0 Å². The van der Waals surface area contributed by atoms with Crippen LogP contribution >= 0.6 is 0 Å². The molecule has 4 rings (SSSR count). The third-order valence-electron chi connectivity index (χ3n) is 4.85. The standard InChI is InChI=1S/C19H22FN7O2/c1-13-11-27(18-15(20)4-3-5-21-18)23-17(13)22-19(28)16-10-14(29-24-16)12-26-8-6-25(2)7-9-26/h3-5,10-11H,6-9,12H2,1-2H3,(H,22,23,28). The fourth-order valence-electron chi connectivity index (χ4n) is 3.13. The van der Waals surface area contributed by atoms with E-state index in [1.807, 2.05) is 0 Å². The first-order chi connectivity index (χ1) is 14.0. The van der Waals surface area contributed by atoms with Gasteiger partial charge in [-0.25, -0.2) is 14.1 Å². The summed E-state index contributed by atoms with van der Waals surface area (Å²) in [6.45, 7) is 6.27. The molecule has 0 bridgehead atoms. The largest absolute Gasteiger partial charge is 0.359 e. The molecule has 1 saturated heterocycles. The van der Waals surface area contributed by atoms with Gasteiger partial charge in [-0.3, -0.25) is 9.69 Å². The van der Waals surface area contributed by atoms with E-state index in [9.17, 15) is 9.18 Å². The number of halogens is 1. The van der Waals surface area contributed by atoms with Crippen LogP contribution in [0.15, 0.2) is 35.1 Å². The predicted octanol–water partition coefficient (Wildman–Crippen LogP) is 1.70. The van der Waals surface area contributed by atoms with Crippen molar-refractivity contribution in [2.45, 2.75) is 13.5 Å². The lowest BCUT2D eigenvalue weighted by molar-refractivity contribution is 0.101. The average Bonchev–Trinajstić information content (AvgIpc) is 3.31. The van der Waals surface area contributed by atoms with Gasteiger partial charge in [0.05, 0.1) is 6.54 Å². The molecule has 1 fully saturated rings. The van der Waals surface area contributed by atoms with Crippen molar-refractivity contribution < 1.29 is 13.7 Å². The van der Waals surface area contributed by atoms with Gasteiger partial charge in [-0.2, -0.15) is 0 Å². The molecule has 0 aromatic carbocycles. The molecular formula is C19H22FN7O2. The Balaban J connectivity index is 1.42. The highest BCUT2D eigenvalue weighted by atomic mass is 19.1. The Morgan fingerprint density at radius 1 is 1.31 bits per heavy atom. The van der Waals surface area contributed by atoms with Gasteiger partial charge in [0, 0.05) is 50.2 Å². The number of aromatic nitrogens is 4. The van der Waals surface area contributed by atoms with Crippen molar-refractivity contribution in [1.82, 2.24) is 29.7 Å². The number of aryl methyl sites for hydroxylation is 1. The fourth-order valence-corrected chi connectivity index (χ4v) is 3.13. The predicted molar refractivity (Wildman–Crippen MR) is 103 cm³/mol. The molecule has 0 aliphatic carbocycles. The van der Waals surface area contributed by atoms with E-state index in [1.165, 1.54) is 23.0 Å². The molecule has 3 aromatic heterocycles. The molecule has 152 valence electrons. The highest BCUT2D eigenvalue weighted by Gasteiger charge is 2.19. The summed E-state index contributed by atoms with van der Waals surface area (Å²) < 4.78 is 20.5. The summed E-state index contributed by atoms with van der Waals surface area (Å²) >= 11 is 0. The maximum atomic E-state index is 13.9. The summed E-state index contributed by atoms with van der Waals surface area (Å²) in [4.78, 5) is 21.0. The van der Waals surface area contributed by atoms with Crippen LogP contribution in [-0.2, 0) is 6.54 Å². The fraction of sp³-hybridized carbons (Fsp3) is 0.368. The van der Waals surface area contributed by atoms with Crippen molar-refractivity contribution in [1.29, 1.82) is 0 Å². The van der Waals surface area contributed by atoms with E-state index in [2.05, 4.69) is 37.4 Å². The van der Waals surface area contributed by atoms with E-state index in [1.54, 1.807) is 19.2 Å². The molecule has 10 heteroatoms. The van der Waals surface area contributed by atoms with E-state index < -0.39 is 11.7 Å². The minimum absolute atomic E-state index is 0.0620. The Bertz CT molecular complexity index is 1010. The van der Waals surface area contributed by atoms with Gasteiger partial charge in [-0.05, 0) is 26.1 Å². The van der Waals surface area contributed by atoms with Crippen LogP contribution in [0.4, 0.5) is 10.2 Å². The second-order valence-corrected chi connectivity index (χ2v) is 7.13. The summed E-state index contributed by atoms with van der Waals surface area (Å²) in [5, 5.41) is 10.8. The van der Waals surface area contributed by atoms with Crippen LogP contribution in [0.5, 0.6) is 0 Å². The minimum atomic E-state index is -0.502. The summed E-state index contributed by atoms with van der Waals surface area (Å²) in [6.07, 6.45) is 3.08. The number of piperazine rings is 1. The van der Waals surface area contributed by atoms with Crippen LogP contribution in [0, 0.1) is 12.7 Å². The lowest BCUT2D eigenvalue weighted by atomic mass is 10.3. The molecule has 29 heavy (non-hydrogen) atoms. The van der Waals surface area contributed by atoms with Crippen LogP contribution in [0.25, 0.3) is 5.82 Å². The third kappa shape index (κ3) is 4.33. The van der Waals surface area contributed by atoms with Crippen LogP contribution < -0.4 is 5.32 Å². The Labute approximate surface area is 167 Å². The van der Waals surface area contributed by atoms with Gasteiger partial charge in [0.1, 0.15) is 0 Å². The molecule has 0 radical (unpaired) electrons. The molecule has 1 aliphatic rings.